The van der Waals surface area contributed by atoms with Crippen molar-refractivity contribution >= 4 is 5.69 Å². The van der Waals surface area contributed by atoms with Crippen LogP contribution in [0.4, 0.5) is 5.69 Å². The van der Waals surface area contributed by atoms with Crippen LogP contribution < -0.4 is 15.2 Å². The second-order valence-electron chi connectivity index (χ2n) is 4.28. The first-order valence-electron chi connectivity index (χ1n) is 5.90. The highest BCUT2D eigenvalue weighted by Crippen LogP contribution is 2.30. The van der Waals surface area contributed by atoms with Crippen molar-refractivity contribution in [3.05, 3.63) is 18.2 Å². The van der Waals surface area contributed by atoms with E-state index in [1.807, 2.05) is 12.1 Å². The van der Waals surface area contributed by atoms with Gasteiger partial charge in [0.15, 0.2) is 0 Å². The van der Waals surface area contributed by atoms with E-state index in [2.05, 4.69) is 0 Å². The molecule has 1 aromatic carbocycles. The van der Waals surface area contributed by atoms with Gasteiger partial charge in [-0.15, -0.1) is 0 Å². The van der Waals surface area contributed by atoms with Gasteiger partial charge in [-0.2, -0.15) is 0 Å². The largest absolute Gasteiger partial charge is 0.497 e. The van der Waals surface area contributed by atoms with Crippen LogP contribution in [0.5, 0.6) is 11.5 Å². The number of hydrogen-bond donors (Lipinski definition) is 1. The molecule has 1 aromatic rings. The monoisotopic (exact) mass is 221 g/mol. The van der Waals surface area contributed by atoms with Crippen molar-refractivity contribution in [2.45, 2.75) is 38.2 Å². The molecule has 0 atom stereocenters. The quantitative estimate of drug-likeness (QED) is 0.798. The molecule has 0 saturated heterocycles. The molecule has 0 spiro atoms. The number of benzene rings is 1. The molecule has 0 aromatic heterocycles. The zero-order valence-electron chi connectivity index (χ0n) is 9.74. The van der Waals surface area contributed by atoms with Crippen LogP contribution >= 0.6 is 0 Å². The summed E-state index contributed by atoms with van der Waals surface area (Å²) in [5.41, 5.74) is 6.57. The zero-order chi connectivity index (χ0) is 11.4. The Balaban J connectivity index is 2.03. The lowest BCUT2D eigenvalue weighted by Crippen LogP contribution is -2.20. The van der Waals surface area contributed by atoms with Gasteiger partial charge in [0.1, 0.15) is 11.5 Å². The number of ether oxygens (including phenoxy) is 2. The summed E-state index contributed by atoms with van der Waals surface area (Å²) in [7, 11) is 1.64. The van der Waals surface area contributed by atoms with E-state index in [0.717, 1.165) is 24.3 Å². The molecule has 1 aliphatic carbocycles. The van der Waals surface area contributed by atoms with Crippen molar-refractivity contribution < 1.29 is 9.47 Å². The van der Waals surface area contributed by atoms with E-state index in [-0.39, 0.29) is 0 Å². The second-order valence-corrected chi connectivity index (χ2v) is 4.28. The average molecular weight is 221 g/mol. The lowest BCUT2D eigenvalue weighted by molar-refractivity contribution is 0.156. The Morgan fingerprint density at radius 2 is 1.94 bits per heavy atom. The van der Waals surface area contributed by atoms with Gasteiger partial charge in [0.05, 0.1) is 18.9 Å². The first-order chi connectivity index (χ1) is 7.79. The van der Waals surface area contributed by atoms with Crippen molar-refractivity contribution in [1.29, 1.82) is 0 Å². The Labute approximate surface area is 96.5 Å². The normalized spacial score (nSPS) is 17.1. The van der Waals surface area contributed by atoms with E-state index < -0.39 is 0 Å². The molecule has 0 aliphatic heterocycles. The Morgan fingerprint density at radius 1 is 1.19 bits per heavy atom. The fourth-order valence-corrected chi connectivity index (χ4v) is 2.12. The van der Waals surface area contributed by atoms with E-state index >= 15 is 0 Å². The van der Waals surface area contributed by atoms with Gasteiger partial charge in [-0.3, -0.25) is 0 Å². The maximum absolute atomic E-state index is 5.91. The van der Waals surface area contributed by atoms with E-state index in [9.17, 15) is 0 Å². The molecule has 0 heterocycles. The summed E-state index contributed by atoms with van der Waals surface area (Å²) in [6.07, 6.45) is 6.49. The van der Waals surface area contributed by atoms with Crippen LogP contribution in [-0.4, -0.2) is 13.2 Å². The first kappa shape index (κ1) is 11.1. The summed E-state index contributed by atoms with van der Waals surface area (Å²) in [5, 5.41) is 0. The Bertz CT molecular complexity index is 346. The van der Waals surface area contributed by atoms with E-state index in [0.29, 0.717) is 11.8 Å². The minimum absolute atomic E-state index is 0.337. The smallest absolute Gasteiger partial charge is 0.142 e. The van der Waals surface area contributed by atoms with Crippen molar-refractivity contribution in [2.75, 3.05) is 12.8 Å². The highest BCUT2D eigenvalue weighted by Gasteiger charge is 2.15. The molecule has 1 fully saturated rings. The maximum atomic E-state index is 5.91. The zero-order valence-corrected chi connectivity index (χ0v) is 9.74. The highest BCUT2D eigenvalue weighted by atomic mass is 16.5. The van der Waals surface area contributed by atoms with Crippen molar-refractivity contribution in [3.8, 4) is 11.5 Å². The molecule has 2 rings (SSSR count). The van der Waals surface area contributed by atoms with Crippen molar-refractivity contribution in [2.24, 2.45) is 0 Å². The number of hydrogen-bond acceptors (Lipinski definition) is 3. The second kappa shape index (κ2) is 5.10. The topological polar surface area (TPSA) is 44.5 Å². The van der Waals surface area contributed by atoms with Crippen LogP contribution in [-0.2, 0) is 0 Å². The van der Waals surface area contributed by atoms with Gasteiger partial charge in [0.25, 0.3) is 0 Å². The van der Waals surface area contributed by atoms with Gasteiger partial charge < -0.3 is 15.2 Å². The fraction of sp³-hybridized carbons (Fsp3) is 0.538. The van der Waals surface area contributed by atoms with Gasteiger partial charge in [-0.25, -0.2) is 0 Å². The lowest BCUT2D eigenvalue weighted by atomic mass is 9.98. The Hall–Kier alpha value is -1.38. The van der Waals surface area contributed by atoms with Crippen LogP contribution in [0.1, 0.15) is 32.1 Å². The minimum atomic E-state index is 0.337. The molecule has 3 heteroatoms. The molecule has 1 saturated carbocycles. The molecule has 0 radical (unpaired) electrons. The first-order valence-corrected chi connectivity index (χ1v) is 5.90. The Morgan fingerprint density at radius 3 is 2.56 bits per heavy atom. The van der Waals surface area contributed by atoms with E-state index in [1.54, 1.807) is 13.2 Å². The van der Waals surface area contributed by atoms with Gasteiger partial charge >= 0.3 is 0 Å². The molecular formula is C13H19NO2. The molecule has 88 valence electrons. The third-order valence-corrected chi connectivity index (χ3v) is 3.06. The number of methoxy groups -OCH3 is 1. The third-order valence-electron chi connectivity index (χ3n) is 3.06. The van der Waals surface area contributed by atoms with Crippen LogP contribution in [0.2, 0.25) is 0 Å². The molecule has 2 N–H and O–H groups in total. The van der Waals surface area contributed by atoms with Crippen LogP contribution in [0.3, 0.4) is 0 Å². The third kappa shape index (κ3) is 2.60. The van der Waals surface area contributed by atoms with Crippen LogP contribution in [0.25, 0.3) is 0 Å². The van der Waals surface area contributed by atoms with Gasteiger partial charge in [0, 0.05) is 6.07 Å². The standard InChI is InChI=1S/C13H19NO2/c1-15-11-7-8-13(12(14)9-11)16-10-5-3-2-4-6-10/h7-10H,2-6,14H2,1H3. The molecule has 1 aliphatic rings. The summed E-state index contributed by atoms with van der Waals surface area (Å²) in [5.74, 6) is 1.56. The van der Waals surface area contributed by atoms with Crippen LogP contribution in [0.15, 0.2) is 18.2 Å². The fourth-order valence-electron chi connectivity index (χ4n) is 2.12. The predicted octanol–water partition coefficient (Wildman–Crippen LogP) is 2.99. The maximum Gasteiger partial charge on any atom is 0.142 e. The SMILES string of the molecule is COc1ccc(OC2CCCCC2)c(N)c1. The number of nitrogens with two attached hydrogens (primary N) is 1. The van der Waals surface area contributed by atoms with Gasteiger partial charge in [-0.1, -0.05) is 6.42 Å². The van der Waals surface area contributed by atoms with Crippen molar-refractivity contribution in [3.63, 3.8) is 0 Å². The summed E-state index contributed by atoms with van der Waals surface area (Å²) in [4.78, 5) is 0. The minimum Gasteiger partial charge on any atom is -0.497 e. The van der Waals surface area contributed by atoms with E-state index in [1.165, 1.54) is 19.3 Å². The molecule has 0 unspecified atom stereocenters. The lowest BCUT2D eigenvalue weighted by Gasteiger charge is -2.23. The summed E-state index contributed by atoms with van der Waals surface area (Å²) in [6.45, 7) is 0. The summed E-state index contributed by atoms with van der Waals surface area (Å²) >= 11 is 0. The predicted molar refractivity (Wildman–Crippen MR) is 64.9 cm³/mol. The molecule has 0 bridgehead atoms. The van der Waals surface area contributed by atoms with Gasteiger partial charge in [0.2, 0.25) is 0 Å². The molecule has 0 amide bonds. The van der Waals surface area contributed by atoms with Crippen LogP contribution in [0, 0.1) is 0 Å². The summed E-state index contributed by atoms with van der Waals surface area (Å²) < 4.78 is 11.0. The highest BCUT2D eigenvalue weighted by molar-refractivity contribution is 5.56. The molecule has 3 nitrogen and oxygen atoms in total. The molecular weight excluding hydrogens is 202 g/mol. The average Bonchev–Trinajstić information content (AvgIpc) is 2.33. The van der Waals surface area contributed by atoms with E-state index in [4.69, 9.17) is 15.2 Å². The summed E-state index contributed by atoms with van der Waals surface area (Å²) in [6, 6.07) is 5.58. The van der Waals surface area contributed by atoms with Gasteiger partial charge in [-0.05, 0) is 37.8 Å². The number of nitrogen functional groups attached to an aromatic ring is 1. The number of anilines is 1. The Kier molecular flexibility index (Phi) is 3.54. The van der Waals surface area contributed by atoms with Crippen molar-refractivity contribution in [1.82, 2.24) is 0 Å². The molecule has 16 heavy (non-hydrogen) atoms. The number of rotatable bonds is 3.